The lowest BCUT2D eigenvalue weighted by molar-refractivity contribution is -0.131. The van der Waals surface area contributed by atoms with Gasteiger partial charge in [0.25, 0.3) is 0 Å². The molecule has 4 heteroatoms. The fourth-order valence-corrected chi connectivity index (χ4v) is 1.60. The number of nitrogens with zero attached hydrogens (tertiary/aromatic N) is 1. The van der Waals surface area contributed by atoms with Crippen molar-refractivity contribution in [2.75, 3.05) is 7.05 Å². The summed E-state index contributed by atoms with van der Waals surface area (Å²) >= 11 is 5.80. The van der Waals surface area contributed by atoms with Crippen molar-refractivity contribution in [2.45, 2.75) is 32.4 Å². The van der Waals surface area contributed by atoms with Crippen LogP contribution in [0.2, 0.25) is 5.02 Å². The third kappa shape index (κ3) is 5.20. The van der Waals surface area contributed by atoms with Gasteiger partial charge in [-0.2, -0.15) is 0 Å². The first-order valence-corrected chi connectivity index (χ1v) is 5.93. The number of nitrogens with two attached hydrogens (primary N) is 1. The van der Waals surface area contributed by atoms with Crippen LogP contribution in [-0.2, 0) is 11.3 Å². The zero-order valence-electron chi connectivity index (χ0n) is 10.5. The number of benzene rings is 1. The molecule has 1 aromatic rings. The monoisotopic (exact) mass is 254 g/mol. The molecule has 1 rings (SSSR count). The van der Waals surface area contributed by atoms with Gasteiger partial charge in [-0.15, -0.1) is 0 Å². The van der Waals surface area contributed by atoms with Gasteiger partial charge >= 0.3 is 0 Å². The van der Waals surface area contributed by atoms with Gasteiger partial charge in [0, 0.05) is 30.6 Å². The zero-order valence-corrected chi connectivity index (χ0v) is 11.3. The SMILES string of the molecule is CN(Cc1ccc(Cl)cc1)C(=O)CC(C)(C)N. The number of amides is 1. The van der Waals surface area contributed by atoms with E-state index >= 15 is 0 Å². The third-order valence-corrected chi connectivity index (χ3v) is 2.62. The molecule has 0 atom stereocenters. The Kier molecular flexibility index (Phi) is 4.54. The number of hydrogen-bond donors (Lipinski definition) is 1. The van der Waals surface area contributed by atoms with E-state index in [1.165, 1.54) is 0 Å². The molecular weight excluding hydrogens is 236 g/mol. The highest BCUT2D eigenvalue weighted by molar-refractivity contribution is 6.30. The maximum atomic E-state index is 11.8. The molecule has 0 radical (unpaired) electrons. The van der Waals surface area contributed by atoms with E-state index in [0.29, 0.717) is 18.0 Å². The Hall–Kier alpha value is -1.06. The largest absolute Gasteiger partial charge is 0.341 e. The van der Waals surface area contributed by atoms with E-state index in [0.717, 1.165) is 5.56 Å². The van der Waals surface area contributed by atoms with Crippen LogP contribution in [0.1, 0.15) is 25.8 Å². The lowest BCUT2D eigenvalue weighted by atomic mass is 10.0. The van der Waals surface area contributed by atoms with Crippen molar-refractivity contribution >= 4 is 17.5 Å². The quantitative estimate of drug-likeness (QED) is 0.897. The van der Waals surface area contributed by atoms with Crippen LogP contribution >= 0.6 is 11.6 Å². The highest BCUT2D eigenvalue weighted by Gasteiger charge is 2.19. The van der Waals surface area contributed by atoms with Gasteiger partial charge in [0.2, 0.25) is 5.91 Å². The molecule has 0 aliphatic heterocycles. The number of halogens is 1. The van der Waals surface area contributed by atoms with Crippen LogP contribution in [-0.4, -0.2) is 23.4 Å². The summed E-state index contributed by atoms with van der Waals surface area (Å²) in [5.74, 6) is 0.0486. The Morgan fingerprint density at radius 2 is 1.88 bits per heavy atom. The normalized spacial score (nSPS) is 11.4. The van der Waals surface area contributed by atoms with Crippen molar-refractivity contribution in [1.82, 2.24) is 4.90 Å². The molecule has 0 fully saturated rings. The summed E-state index contributed by atoms with van der Waals surface area (Å²) in [6.45, 7) is 4.27. The summed E-state index contributed by atoms with van der Waals surface area (Å²) in [6.07, 6.45) is 0.344. The van der Waals surface area contributed by atoms with E-state index in [2.05, 4.69) is 0 Å². The summed E-state index contributed by atoms with van der Waals surface area (Å²) in [6, 6.07) is 7.48. The molecule has 1 amide bonds. The van der Waals surface area contributed by atoms with Crippen molar-refractivity contribution < 1.29 is 4.79 Å². The highest BCUT2D eigenvalue weighted by Crippen LogP contribution is 2.12. The average molecular weight is 255 g/mol. The zero-order chi connectivity index (χ0) is 13.1. The summed E-state index contributed by atoms with van der Waals surface area (Å²) < 4.78 is 0. The van der Waals surface area contributed by atoms with Crippen LogP contribution < -0.4 is 5.73 Å². The summed E-state index contributed by atoms with van der Waals surface area (Å²) in [4.78, 5) is 13.5. The van der Waals surface area contributed by atoms with E-state index in [-0.39, 0.29) is 5.91 Å². The summed E-state index contributed by atoms with van der Waals surface area (Å²) in [5.41, 5.74) is 6.41. The predicted molar refractivity (Wildman–Crippen MR) is 70.8 cm³/mol. The van der Waals surface area contributed by atoms with Crippen molar-refractivity contribution in [3.05, 3.63) is 34.9 Å². The molecule has 0 heterocycles. The molecule has 0 saturated carbocycles. The first-order valence-electron chi connectivity index (χ1n) is 5.55. The highest BCUT2D eigenvalue weighted by atomic mass is 35.5. The molecule has 3 nitrogen and oxygen atoms in total. The second kappa shape index (κ2) is 5.52. The molecule has 0 bridgehead atoms. The van der Waals surface area contributed by atoms with Crippen molar-refractivity contribution in [2.24, 2.45) is 5.73 Å². The fourth-order valence-electron chi connectivity index (χ4n) is 1.48. The molecule has 17 heavy (non-hydrogen) atoms. The lowest BCUT2D eigenvalue weighted by Crippen LogP contribution is -2.39. The molecule has 0 saturated heterocycles. The van der Waals surface area contributed by atoms with E-state index < -0.39 is 5.54 Å². The Labute approximate surface area is 108 Å². The maximum absolute atomic E-state index is 11.8. The molecule has 0 aromatic heterocycles. The Balaban J connectivity index is 2.57. The van der Waals surface area contributed by atoms with Gasteiger partial charge in [0.05, 0.1) is 0 Å². The first-order chi connectivity index (χ1) is 7.78. The van der Waals surface area contributed by atoms with E-state index in [9.17, 15) is 4.79 Å². The van der Waals surface area contributed by atoms with Crippen molar-refractivity contribution in [3.8, 4) is 0 Å². The minimum atomic E-state index is -0.467. The van der Waals surface area contributed by atoms with Crippen LogP contribution in [0.15, 0.2) is 24.3 Å². The first kappa shape index (κ1) is 14.0. The van der Waals surface area contributed by atoms with Gasteiger partial charge < -0.3 is 10.6 Å². The fraction of sp³-hybridized carbons (Fsp3) is 0.462. The third-order valence-electron chi connectivity index (χ3n) is 2.37. The standard InChI is InChI=1S/C13H19ClN2O/c1-13(2,15)8-12(17)16(3)9-10-4-6-11(14)7-5-10/h4-7H,8-9,15H2,1-3H3. The van der Waals surface area contributed by atoms with Crippen LogP contribution in [0.4, 0.5) is 0 Å². The van der Waals surface area contributed by atoms with Gasteiger partial charge in [-0.3, -0.25) is 4.79 Å². The average Bonchev–Trinajstić information content (AvgIpc) is 2.19. The van der Waals surface area contributed by atoms with Crippen LogP contribution in [0.3, 0.4) is 0 Å². The molecule has 2 N–H and O–H groups in total. The number of rotatable bonds is 4. The van der Waals surface area contributed by atoms with E-state index in [4.69, 9.17) is 17.3 Å². The molecule has 0 spiro atoms. The van der Waals surface area contributed by atoms with Crippen molar-refractivity contribution in [1.29, 1.82) is 0 Å². The van der Waals surface area contributed by atoms with E-state index in [1.807, 2.05) is 38.1 Å². The summed E-state index contributed by atoms with van der Waals surface area (Å²) in [5, 5.41) is 0.700. The number of carbonyl (C=O) groups is 1. The molecule has 94 valence electrons. The van der Waals surface area contributed by atoms with Gasteiger partial charge in [-0.1, -0.05) is 23.7 Å². The van der Waals surface area contributed by atoms with Gasteiger partial charge in [0.1, 0.15) is 0 Å². The minimum Gasteiger partial charge on any atom is -0.341 e. The minimum absolute atomic E-state index is 0.0486. The second-order valence-corrected chi connectivity index (χ2v) is 5.48. The van der Waals surface area contributed by atoms with Crippen LogP contribution in [0.25, 0.3) is 0 Å². The topological polar surface area (TPSA) is 46.3 Å². The number of carbonyl (C=O) groups excluding carboxylic acids is 1. The van der Waals surface area contributed by atoms with Gasteiger partial charge in [-0.25, -0.2) is 0 Å². The van der Waals surface area contributed by atoms with E-state index in [1.54, 1.807) is 11.9 Å². The molecule has 0 unspecified atom stereocenters. The smallest absolute Gasteiger partial charge is 0.224 e. The van der Waals surface area contributed by atoms with Crippen LogP contribution in [0.5, 0.6) is 0 Å². The molecule has 0 aliphatic carbocycles. The maximum Gasteiger partial charge on any atom is 0.224 e. The van der Waals surface area contributed by atoms with Crippen molar-refractivity contribution in [3.63, 3.8) is 0 Å². The Morgan fingerprint density at radius 1 is 1.35 bits per heavy atom. The number of hydrogen-bond acceptors (Lipinski definition) is 2. The molecular formula is C13H19ClN2O. The molecule has 1 aromatic carbocycles. The summed E-state index contributed by atoms with van der Waals surface area (Å²) in [7, 11) is 1.78. The van der Waals surface area contributed by atoms with Gasteiger partial charge in [0.15, 0.2) is 0 Å². The Bertz CT molecular complexity index is 381. The van der Waals surface area contributed by atoms with Crippen LogP contribution in [0, 0.1) is 0 Å². The lowest BCUT2D eigenvalue weighted by Gasteiger charge is -2.23. The Morgan fingerprint density at radius 3 is 2.35 bits per heavy atom. The second-order valence-electron chi connectivity index (χ2n) is 5.04. The predicted octanol–water partition coefficient (Wildman–Crippen LogP) is 2.43. The van der Waals surface area contributed by atoms with Gasteiger partial charge in [-0.05, 0) is 31.5 Å². The molecule has 0 aliphatic rings.